The van der Waals surface area contributed by atoms with Crippen LogP contribution in [0.3, 0.4) is 0 Å². The average molecular weight is 289 g/mol. The summed E-state index contributed by atoms with van der Waals surface area (Å²) in [7, 11) is 1.84. The van der Waals surface area contributed by atoms with Crippen molar-refractivity contribution in [2.24, 2.45) is 11.7 Å². The Kier molecular flexibility index (Phi) is 3.76. The molecule has 21 heavy (non-hydrogen) atoms. The molecule has 5 nitrogen and oxygen atoms in total. The highest BCUT2D eigenvalue weighted by Gasteiger charge is 2.50. The molecule has 1 atom stereocenters. The maximum absolute atomic E-state index is 12.1. The standard InChI is InChI=1S/C16H23N3O2/c1-18-16(15(17)20,12-7-8-12)11-19-9-4-10-21-14-6-3-2-5-13(14)19/h2-3,5-6,12,18H,4,7-11H2,1H3,(H2,17,20). The second-order valence-electron chi connectivity index (χ2n) is 5.95. The number of rotatable bonds is 5. The Morgan fingerprint density at radius 3 is 2.90 bits per heavy atom. The highest BCUT2D eigenvalue weighted by atomic mass is 16.5. The monoisotopic (exact) mass is 289 g/mol. The molecule has 1 unspecified atom stereocenters. The SMILES string of the molecule is CNC(CN1CCCOc2ccccc21)(C(N)=O)C1CC1. The van der Waals surface area contributed by atoms with Gasteiger partial charge in [-0.25, -0.2) is 0 Å². The van der Waals surface area contributed by atoms with Crippen LogP contribution in [0, 0.1) is 5.92 Å². The first-order valence-electron chi connectivity index (χ1n) is 7.63. The third-order valence-electron chi connectivity index (χ3n) is 4.64. The van der Waals surface area contributed by atoms with Crippen LogP contribution < -0.4 is 20.7 Å². The molecule has 1 fully saturated rings. The van der Waals surface area contributed by atoms with Gasteiger partial charge < -0.3 is 20.7 Å². The summed E-state index contributed by atoms with van der Waals surface area (Å²) in [6.45, 7) is 2.18. The number of nitrogens with zero attached hydrogens (tertiary/aromatic N) is 1. The summed E-state index contributed by atoms with van der Waals surface area (Å²) in [5, 5.41) is 3.22. The predicted octanol–water partition coefficient (Wildman–Crippen LogP) is 1.13. The van der Waals surface area contributed by atoms with E-state index in [-0.39, 0.29) is 5.91 Å². The summed E-state index contributed by atoms with van der Waals surface area (Å²) in [5.41, 5.74) is 6.15. The van der Waals surface area contributed by atoms with Gasteiger partial charge in [0.1, 0.15) is 11.3 Å². The van der Waals surface area contributed by atoms with Crippen LogP contribution in [0.25, 0.3) is 0 Å². The van der Waals surface area contributed by atoms with Gasteiger partial charge in [-0.2, -0.15) is 0 Å². The molecule has 3 N–H and O–H groups in total. The molecule has 1 aliphatic heterocycles. The first-order chi connectivity index (χ1) is 10.2. The van der Waals surface area contributed by atoms with Crippen LogP contribution in [0.5, 0.6) is 5.75 Å². The second kappa shape index (κ2) is 5.56. The Hall–Kier alpha value is -1.75. The second-order valence-corrected chi connectivity index (χ2v) is 5.95. The molecule has 2 aliphatic rings. The number of ether oxygens (including phenoxy) is 1. The van der Waals surface area contributed by atoms with Gasteiger partial charge in [0.25, 0.3) is 0 Å². The van der Waals surface area contributed by atoms with E-state index in [1.54, 1.807) is 0 Å². The number of benzene rings is 1. The highest BCUT2D eigenvalue weighted by Crippen LogP contribution is 2.41. The molecular weight excluding hydrogens is 266 g/mol. The van der Waals surface area contributed by atoms with Crippen LogP contribution in [0.15, 0.2) is 24.3 Å². The van der Waals surface area contributed by atoms with Gasteiger partial charge in [0, 0.05) is 13.1 Å². The molecular formula is C16H23N3O2. The van der Waals surface area contributed by atoms with E-state index >= 15 is 0 Å². The number of carbonyl (C=O) groups excluding carboxylic acids is 1. The van der Waals surface area contributed by atoms with E-state index in [4.69, 9.17) is 10.5 Å². The van der Waals surface area contributed by atoms with E-state index < -0.39 is 5.54 Å². The number of nitrogens with one attached hydrogen (secondary N) is 1. The predicted molar refractivity (Wildman–Crippen MR) is 82.5 cm³/mol. The van der Waals surface area contributed by atoms with Gasteiger partial charge in [-0.15, -0.1) is 0 Å². The van der Waals surface area contributed by atoms with Crippen LogP contribution in [0.4, 0.5) is 5.69 Å². The molecule has 3 rings (SSSR count). The van der Waals surface area contributed by atoms with Gasteiger partial charge in [-0.05, 0) is 44.4 Å². The van der Waals surface area contributed by atoms with E-state index in [1.165, 1.54) is 0 Å². The van der Waals surface area contributed by atoms with Crippen LogP contribution in [-0.4, -0.2) is 38.2 Å². The van der Waals surface area contributed by atoms with Gasteiger partial charge in [-0.3, -0.25) is 4.79 Å². The number of amides is 1. The summed E-state index contributed by atoms with van der Waals surface area (Å²) in [4.78, 5) is 14.3. The molecule has 1 heterocycles. The first-order valence-corrected chi connectivity index (χ1v) is 7.63. The number of anilines is 1. The van der Waals surface area contributed by atoms with Crippen molar-refractivity contribution in [3.63, 3.8) is 0 Å². The van der Waals surface area contributed by atoms with Crippen molar-refractivity contribution in [1.29, 1.82) is 0 Å². The molecule has 0 bridgehead atoms. The number of primary amides is 1. The molecule has 0 spiro atoms. The molecule has 0 saturated heterocycles. The Balaban J connectivity index is 1.90. The first kappa shape index (κ1) is 14.2. The van der Waals surface area contributed by atoms with Crippen molar-refractivity contribution in [3.05, 3.63) is 24.3 Å². The van der Waals surface area contributed by atoms with Crippen LogP contribution in [-0.2, 0) is 4.79 Å². The lowest BCUT2D eigenvalue weighted by molar-refractivity contribution is -0.124. The number of carbonyl (C=O) groups is 1. The minimum atomic E-state index is -0.641. The van der Waals surface area contributed by atoms with Gasteiger partial charge in [0.15, 0.2) is 0 Å². The molecule has 1 aromatic rings. The van der Waals surface area contributed by atoms with Crippen molar-refractivity contribution in [2.75, 3.05) is 31.6 Å². The van der Waals surface area contributed by atoms with Gasteiger partial charge in [-0.1, -0.05) is 12.1 Å². The summed E-state index contributed by atoms with van der Waals surface area (Å²) < 4.78 is 5.79. The molecule has 5 heteroatoms. The fourth-order valence-electron chi connectivity index (χ4n) is 3.25. The largest absolute Gasteiger partial charge is 0.491 e. The molecule has 0 radical (unpaired) electrons. The molecule has 1 amide bonds. The minimum absolute atomic E-state index is 0.254. The van der Waals surface area contributed by atoms with E-state index in [0.29, 0.717) is 19.1 Å². The number of para-hydroxylation sites is 2. The fourth-order valence-corrected chi connectivity index (χ4v) is 3.25. The lowest BCUT2D eigenvalue weighted by Crippen LogP contribution is -2.62. The van der Waals surface area contributed by atoms with E-state index in [1.807, 2.05) is 25.2 Å². The topological polar surface area (TPSA) is 67.6 Å². The molecule has 114 valence electrons. The molecule has 0 aromatic heterocycles. The van der Waals surface area contributed by atoms with Crippen molar-refractivity contribution >= 4 is 11.6 Å². The lowest BCUT2D eigenvalue weighted by Gasteiger charge is -2.37. The van der Waals surface area contributed by atoms with E-state index in [0.717, 1.165) is 37.2 Å². The Bertz CT molecular complexity index is 530. The molecule has 1 aliphatic carbocycles. The zero-order chi connectivity index (χ0) is 14.9. The van der Waals surface area contributed by atoms with Crippen LogP contribution in [0.1, 0.15) is 19.3 Å². The fraction of sp³-hybridized carbons (Fsp3) is 0.562. The number of fused-ring (bicyclic) bond motifs is 1. The number of nitrogens with two attached hydrogens (primary N) is 1. The average Bonchev–Trinajstić information content (AvgIpc) is 3.32. The quantitative estimate of drug-likeness (QED) is 0.852. The zero-order valence-electron chi connectivity index (χ0n) is 12.5. The van der Waals surface area contributed by atoms with Crippen molar-refractivity contribution < 1.29 is 9.53 Å². The third-order valence-corrected chi connectivity index (χ3v) is 4.64. The van der Waals surface area contributed by atoms with Gasteiger partial charge >= 0.3 is 0 Å². The maximum Gasteiger partial charge on any atom is 0.239 e. The zero-order valence-corrected chi connectivity index (χ0v) is 12.5. The van der Waals surface area contributed by atoms with Gasteiger partial charge in [0.05, 0.1) is 12.3 Å². The normalized spacial score (nSPS) is 20.9. The Labute approximate surface area is 125 Å². The summed E-state index contributed by atoms with van der Waals surface area (Å²) >= 11 is 0. The maximum atomic E-state index is 12.1. The third kappa shape index (κ3) is 2.58. The molecule has 1 saturated carbocycles. The number of hydrogen-bond donors (Lipinski definition) is 2. The minimum Gasteiger partial charge on any atom is -0.491 e. The van der Waals surface area contributed by atoms with Crippen LogP contribution >= 0.6 is 0 Å². The highest BCUT2D eigenvalue weighted by molar-refractivity contribution is 5.86. The van der Waals surface area contributed by atoms with Crippen molar-refractivity contribution in [1.82, 2.24) is 5.32 Å². The van der Waals surface area contributed by atoms with Crippen molar-refractivity contribution in [2.45, 2.75) is 24.8 Å². The smallest absolute Gasteiger partial charge is 0.239 e. The number of hydrogen-bond acceptors (Lipinski definition) is 4. The molecule has 1 aromatic carbocycles. The number of likely N-dealkylation sites (N-methyl/N-ethyl adjacent to an activating group) is 1. The van der Waals surface area contributed by atoms with Gasteiger partial charge in [0.2, 0.25) is 5.91 Å². The lowest BCUT2D eigenvalue weighted by atomic mass is 9.91. The Morgan fingerprint density at radius 2 is 2.24 bits per heavy atom. The Morgan fingerprint density at radius 1 is 1.48 bits per heavy atom. The van der Waals surface area contributed by atoms with Crippen LogP contribution in [0.2, 0.25) is 0 Å². The summed E-state index contributed by atoms with van der Waals surface area (Å²) in [6, 6.07) is 8.01. The summed E-state index contributed by atoms with van der Waals surface area (Å²) in [5.74, 6) is 0.978. The van der Waals surface area contributed by atoms with Crippen molar-refractivity contribution in [3.8, 4) is 5.75 Å². The summed E-state index contributed by atoms with van der Waals surface area (Å²) in [6.07, 6.45) is 3.07. The van der Waals surface area contributed by atoms with E-state index in [2.05, 4.69) is 16.3 Å². The van der Waals surface area contributed by atoms with E-state index in [9.17, 15) is 4.79 Å².